The zero-order valence-electron chi connectivity index (χ0n) is 13.6. The standard InChI is InChI=1S/C16H23N3O3.ClH/c1-12(20)19-9-5-13-11-14(3-4-15(13)19)16(21)18-7-6-17-8-10-22-2;/h3-4,11,17H,5-10H2,1-2H3,(H,18,21);1H. The van der Waals surface area contributed by atoms with Gasteiger partial charge in [0.25, 0.3) is 5.91 Å². The topological polar surface area (TPSA) is 70.7 Å². The molecule has 2 amide bonds. The van der Waals surface area contributed by atoms with Gasteiger partial charge in [-0.3, -0.25) is 9.59 Å². The van der Waals surface area contributed by atoms with Crippen LogP contribution in [0.3, 0.4) is 0 Å². The van der Waals surface area contributed by atoms with E-state index in [2.05, 4.69) is 10.6 Å². The Hall–Kier alpha value is -1.63. The van der Waals surface area contributed by atoms with Gasteiger partial charge >= 0.3 is 0 Å². The summed E-state index contributed by atoms with van der Waals surface area (Å²) in [4.78, 5) is 25.4. The van der Waals surface area contributed by atoms with Crippen LogP contribution in [0, 0.1) is 0 Å². The fourth-order valence-corrected chi connectivity index (χ4v) is 2.54. The zero-order chi connectivity index (χ0) is 15.9. The fraction of sp³-hybridized carbons (Fsp3) is 0.500. The number of anilines is 1. The van der Waals surface area contributed by atoms with Gasteiger partial charge < -0.3 is 20.3 Å². The summed E-state index contributed by atoms with van der Waals surface area (Å²) in [5, 5.41) is 6.05. The Morgan fingerprint density at radius 3 is 2.74 bits per heavy atom. The molecular weight excluding hydrogens is 318 g/mol. The van der Waals surface area contributed by atoms with Gasteiger partial charge in [0.2, 0.25) is 5.91 Å². The molecule has 1 aliphatic heterocycles. The lowest BCUT2D eigenvalue weighted by molar-refractivity contribution is -0.116. The van der Waals surface area contributed by atoms with Gasteiger partial charge in [-0.05, 0) is 30.2 Å². The number of carbonyl (C=O) groups excluding carboxylic acids is 2. The average molecular weight is 342 g/mol. The van der Waals surface area contributed by atoms with Crippen LogP contribution >= 0.6 is 12.4 Å². The van der Waals surface area contributed by atoms with Crippen molar-refractivity contribution >= 4 is 29.9 Å². The van der Waals surface area contributed by atoms with Gasteiger partial charge in [0.05, 0.1) is 6.61 Å². The average Bonchev–Trinajstić information content (AvgIpc) is 2.93. The number of methoxy groups -OCH3 is 1. The molecule has 0 atom stereocenters. The first-order valence-electron chi connectivity index (χ1n) is 7.52. The van der Waals surface area contributed by atoms with E-state index in [-0.39, 0.29) is 24.2 Å². The summed E-state index contributed by atoms with van der Waals surface area (Å²) in [5.41, 5.74) is 2.62. The van der Waals surface area contributed by atoms with Gasteiger partial charge in [0.15, 0.2) is 0 Å². The second-order valence-corrected chi connectivity index (χ2v) is 5.26. The van der Waals surface area contributed by atoms with Crippen molar-refractivity contribution in [3.8, 4) is 0 Å². The van der Waals surface area contributed by atoms with Crippen LogP contribution in [-0.4, -0.2) is 51.7 Å². The van der Waals surface area contributed by atoms with Crippen LogP contribution in [0.15, 0.2) is 18.2 Å². The number of fused-ring (bicyclic) bond motifs is 1. The predicted octanol–water partition coefficient (Wildman–Crippen LogP) is 0.983. The van der Waals surface area contributed by atoms with E-state index in [0.717, 1.165) is 24.2 Å². The van der Waals surface area contributed by atoms with Crippen molar-refractivity contribution in [2.24, 2.45) is 0 Å². The molecule has 0 unspecified atom stereocenters. The van der Waals surface area contributed by atoms with Crippen LogP contribution in [0.2, 0.25) is 0 Å². The van der Waals surface area contributed by atoms with E-state index in [1.54, 1.807) is 25.0 Å². The highest BCUT2D eigenvalue weighted by molar-refractivity contribution is 5.97. The van der Waals surface area contributed by atoms with E-state index in [1.165, 1.54) is 0 Å². The summed E-state index contributed by atoms with van der Waals surface area (Å²) in [6.45, 7) is 4.96. The number of hydrogen-bond acceptors (Lipinski definition) is 4. The first-order valence-corrected chi connectivity index (χ1v) is 7.52. The molecule has 2 rings (SSSR count). The molecule has 128 valence electrons. The SMILES string of the molecule is COCCNCCNC(=O)c1ccc2c(c1)CCN2C(C)=O.Cl. The Kier molecular flexibility index (Phi) is 8.02. The molecule has 0 saturated heterocycles. The monoisotopic (exact) mass is 341 g/mol. The smallest absolute Gasteiger partial charge is 0.251 e. The summed E-state index contributed by atoms with van der Waals surface area (Å²) in [7, 11) is 1.66. The Morgan fingerprint density at radius 1 is 1.26 bits per heavy atom. The van der Waals surface area contributed by atoms with E-state index in [1.807, 2.05) is 12.1 Å². The van der Waals surface area contributed by atoms with Gasteiger partial charge in [-0.2, -0.15) is 0 Å². The predicted molar refractivity (Wildman–Crippen MR) is 92.5 cm³/mol. The first kappa shape index (κ1) is 19.4. The third kappa shape index (κ3) is 5.20. The zero-order valence-corrected chi connectivity index (χ0v) is 14.4. The fourth-order valence-electron chi connectivity index (χ4n) is 2.54. The number of benzene rings is 1. The van der Waals surface area contributed by atoms with Crippen LogP contribution in [0.1, 0.15) is 22.8 Å². The minimum Gasteiger partial charge on any atom is -0.383 e. The lowest BCUT2D eigenvalue weighted by atomic mass is 10.1. The van der Waals surface area contributed by atoms with Gasteiger partial charge in [-0.25, -0.2) is 0 Å². The summed E-state index contributed by atoms with van der Waals surface area (Å²) >= 11 is 0. The summed E-state index contributed by atoms with van der Waals surface area (Å²) < 4.78 is 4.93. The van der Waals surface area contributed by atoms with Gasteiger partial charge in [0, 0.05) is 51.5 Å². The Morgan fingerprint density at radius 2 is 2.04 bits per heavy atom. The van der Waals surface area contributed by atoms with Crippen LogP contribution in [0.25, 0.3) is 0 Å². The first-order chi connectivity index (χ1) is 10.6. The summed E-state index contributed by atoms with van der Waals surface area (Å²) in [6, 6.07) is 5.51. The van der Waals surface area contributed by atoms with Crippen molar-refractivity contribution in [3.63, 3.8) is 0 Å². The highest BCUT2D eigenvalue weighted by Crippen LogP contribution is 2.28. The molecule has 1 aromatic carbocycles. The number of hydrogen-bond donors (Lipinski definition) is 2. The molecule has 2 N–H and O–H groups in total. The minimum absolute atomic E-state index is 0. The minimum atomic E-state index is -0.0855. The van der Waals surface area contributed by atoms with Crippen LogP contribution < -0.4 is 15.5 Å². The van der Waals surface area contributed by atoms with Gasteiger partial charge in [-0.1, -0.05) is 0 Å². The van der Waals surface area contributed by atoms with Crippen LogP contribution in [0.5, 0.6) is 0 Å². The molecular formula is C16H24ClN3O3. The molecule has 0 bridgehead atoms. The molecule has 0 saturated carbocycles. The van der Waals surface area contributed by atoms with E-state index >= 15 is 0 Å². The number of ether oxygens (including phenoxy) is 1. The maximum atomic E-state index is 12.1. The summed E-state index contributed by atoms with van der Waals surface area (Å²) in [6.07, 6.45) is 0.800. The molecule has 6 nitrogen and oxygen atoms in total. The molecule has 0 radical (unpaired) electrons. The van der Waals surface area contributed by atoms with E-state index < -0.39 is 0 Å². The molecule has 0 spiro atoms. The molecule has 1 aliphatic rings. The van der Waals surface area contributed by atoms with Crippen molar-refractivity contribution in [1.29, 1.82) is 0 Å². The van der Waals surface area contributed by atoms with E-state index in [0.29, 0.717) is 31.8 Å². The van der Waals surface area contributed by atoms with Crippen molar-refractivity contribution < 1.29 is 14.3 Å². The molecule has 1 heterocycles. The number of rotatable bonds is 7. The maximum Gasteiger partial charge on any atom is 0.251 e. The van der Waals surface area contributed by atoms with Crippen molar-refractivity contribution in [3.05, 3.63) is 29.3 Å². The highest BCUT2D eigenvalue weighted by Gasteiger charge is 2.22. The molecule has 1 aromatic rings. The molecule has 0 aromatic heterocycles. The molecule has 23 heavy (non-hydrogen) atoms. The second kappa shape index (κ2) is 9.50. The molecule has 7 heteroatoms. The quantitative estimate of drug-likeness (QED) is 0.725. The second-order valence-electron chi connectivity index (χ2n) is 5.26. The van der Waals surface area contributed by atoms with Crippen LogP contribution in [0.4, 0.5) is 5.69 Å². The van der Waals surface area contributed by atoms with Crippen molar-refractivity contribution in [2.45, 2.75) is 13.3 Å². The largest absolute Gasteiger partial charge is 0.383 e. The molecule has 0 fully saturated rings. The Bertz CT molecular complexity index is 551. The number of amides is 2. The third-order valence-electron chi connectivity index (χ3n) is 3.69. The van der Waals surface area contributed by atoms with Gasteiger partial charge in [0.1, 0.15) is 0 Å². The third-order valence-corrected chi connectivity index (χ3v) is 3.69. The van der Waals surface area contributed by atoms with Crippen LogP contribution in [-0.2, 0) is 16.0 Å². The van der Waals surface area contributed by atoms with E-state index in [9.17, 15) is 9.59 Å². The highest BCUT2D eigenvalue weighted by atomic mass is 35.5. The number of nitrogens with zero attached hydrogens (tertiary/aromatic N) is 1. The lowest BCUT2D eigenvalue weighted by Crippen LogP contribution is -2.33. The summed E-state index contributed by atoms with van der Waals surface area (Å²) in [5.74, 6) is -0.0456. The van der Waals surface area contributed by atoms with Crippen molar-refractivity contribution in [1.82, 2.24) is 10.6 Å². The van der Waals surface area contributed by atoms with Crippen molar-refractivity contribution in [2.75, 3.05) is 44.8 Å². The Balaban J connectivity index is 0.00000264. The van der Waals surface area contributed by atoms with E-state index in [4.69, 9.17) is 4.74 Å². The maximum absolute atomic E-state index is 12.1. The number of carbonyl (C=O) groups is 2. The number of nitrogens with one attached hydrogen (secondary N) is 2. The molecule has 0 aliphatic carbocycles. The Labute approximate surface area is 143 Å². The number of halogens is 1. The lowest BCUT2D eigenvalue weighted by Gasteiger charge is -2.14. The van der Waals surface area contributed by atoms with Gasteiger partial charge in [-0.15, -0.1) is 12.4 Å². The normalized spacial score (nSPS) is 12.5.